The van der Waals surface area contributed by atoms with Crippen LogP contribution in [0.3, 0.4) is 0 Å². The van der Waals surface area contributed by atoms with E-state index in [9.17, 15) is 13.2 Å². The monoisotopic (exact) mass is 448 g/mol. The fourth-order valence-electron chi connectivity index (χ4n) is 2.23. The molecule has 1 heterocycles. The zero-order chi connectivity index (χ0) is 20.9. The van der Waals surface area contributed by atoms with E-state index in [1.54, 1.807) is 30.3 Å². The summed E-state index contributed by atoms with van der Waals surface area (Å²) < 4.78 is 26.9. The molecule has 0 fully saturated rings. The molecule has 1 aromatic heterocycles. The molecule has 0 unspecified atom stereocenters. The van der Waals surface area contributed by atoms with Crippen molar-refractivity contribution in [3.8, 4) is 0 Å². The van der Waals surface area contributed by atoms with Gasteiger partial charge in [0.2, 0.25) is 11.9 Å². The van der Waals surface area contributed by atoms with Crippen molar-refractivity contribution in [1.29, 1.82) is 0 Å². The highest BCUT2D eigenvalue weighted by atomic mass is 35.5. The predicted octanol–water partition coefficient (Wildman–Crippen LogP) is 4.24. The summed E-state index contributed by atoms with van der Waals surface area (Å²) in [6.45, 7) is 0. The van der Waals surface area contributed by atoms with Gasteiger partial charge in [0.05, 0.1) is 4.90 Å². The number of aromatic nitrogens is 2. The molecule has 0 aliphatic rings. The molecule has 0 spiro atoms. The Bertz CT molecular complexity index is 1150. The molecule has 0 aliphatic carbocycles. The van der Waals surface area contributed by atoms with Gasteiger partial charge >= 0.3 is 0 Å². The third-order valence-electron chi connectivity index (χ3n) is 3.60. The standard InChI is InChI=1S/C19H14Cl2N4O3S/c20-14-4-2-13(17(21)12-14)3-9-18(26)24-15-5-7-16(8-6-15)29(27,28)25-19-22-10-1-11-23-19/h1-12H,(H,24,26)(H,22,23,25)/b9-3+. The van der Waals surface area contributed by atoms with Gasteiger partial charge in [-0.2, -0.15) is 0 Å². The number of nitrogens with zero attached hydrogens (tertiary/aromatic N) is 2. The summed E-state index contributed by atoms with van der Waals surface area (Å²) in [6.07, 6.45) is 5.72. The van der Waals surface area contributed by atoms with Crippen LogP contribution in [0.4, 0.5) is 11.6 Å². The van der Waals surface area contributed by atoms with Gasteiger partial charge in [0.25, 0.3) is 10.0 Å². The number of nitrogens with one attached hydrogen (secondary N) is 2. The minimum atomic E-state index is -3.84. The smallest absolute Gasteiger partial charge is 0.264 e. The lowest BCUT2D eigenvalue weighted by Gasteiger charge is -2.07. The number of halogens is 2. The first kappa shape index (κ1) is 20.8. The number of sulfonamides is 1. The lowest BCUT2D eigenvalue weighted by Crippen LogP contribution is -2.15. The molecule has 0 saturated heterocycles. The molecule has 3 rings (SSSR count). The van der Waals surface area contributed by atoms with Crippen LogP contribution in [-0.2, 0) is 14.8 Å². The SMILES string of the molecule is O=C(/C=C/c1ccc(Cl)cc1Cl)Nc1ccc(S(=O)(=O)Nc2ncccn2)cc1. The largest absolute Gasteiger partial charge is 0.323 e. The fraction of sp³-hybridized carbons (Fsp3) is 0. The minimum absolute atomic E-state index is 0.00596. The van der Waals surface area contributed by atoms with Gasteiger partial charge in [-0.3, -0.25) is 4.79 Å². The quantitative estimate of drug-likeness (QED) is 0.549. The number of anilines is 2. The van der Waals surface area contributed by atoms with E-state index in [1.807, 2.05) is 0 Å². The van der Waals surface area contributed by atoms with Gasteiger partial charge in [0.1, 0.15) is 0 Å². The zero-order valence-electron chi connectivity index (χ0n) is 14.7. The average molecular weight is 449 g/mol. The van der Waals surface area contributed by atoms with Crippen molar-refractivity contribution in [3.05, 3.63) is 82.6 Å². The van der Waals surface area contributed by atoms with Crippen molar-refractivity contribution in [1.82, 2.24) is 9.97 Å². The Morgan fingerprint density at radius 2 is 1.69 bits per heavy atom. The summed E-state index contributed by atoms with van der Waals surface area (Å²) in [5.41, 5.74) is 1.07. The van der Waals surface area contributed by atoms with Gasteiger partial charge in [-0.1, -0.05) is 29.3 Å². The molecule has 148 valence electrons. The molecule has 29 heavy (non-hydrogen) atoms. The summed E-state index contributed by atoms with van der Waals surface area (Å²) in [7, 11) is -3.84. The number of hydrogen-bond donors (Lipinski definition) is 2. The highest BCUT2D eigenvalue weighted by Crippen LogP contribution is 2.22. The average Bonchev–Trinajstić information content (AvgIpc) is 2.68. The molecule has 1 amide bonds. The van der Waals surface area contributed by atoms with Gasteiger partial charge in [-0.05, 0) is 54.1 Å². The molecule has 3 aromatic rings. The number of amides is 1. The van der Waals surface area contributed by atoms with Crippen LogP contribution in [0.2, 0.25) is 10.0 Å². The molecular formula is C19H14Cl2N4O3S. The van der Waals surface area contributed by atoms with Crippen molar-refractivity contribution >= 4 is 56.8 Å². The van der Waals surface area contributed by atoms with E-state index >= 15 is 0 Å². The maximum absolute atomic E-state index is 12.3. The summed E-state index contributed by atoms with van der Waals surface area (Å²) in [6, 6.07) is 12.2. The third kappa shape index (κ3) is 5.77. The number of benzene rings is 2. The highest BCUT2D eigenvalue weighted by molar-refractivity contribution is 7.92. The van der Waals surface area contributed by atoms with E-state index in [-0.39, 0.29) is 10.8 Å². The minimum Gasteiger partial charge on any atom is -0.323 e. The Morgan fingerprint density at radius 3 is 2.34 bits per heavy atom. The molecule has 7 nitrogen and oxygen atoms in total. The third-order valence-corrected chi connectivity index (χ3v) is 5.51. The van der Waals surface area contributed by atoms with Gasteiger partial charge in [0, 0.05) is 34.2 Å². The zero-order valence-corrected chi connectivity index (χ0v) is 17.0. The van der Waals surface area contributed by atoms with Crippen LogP contribution >= 0.6 is 23.2 Å². The molecule has 0 saturated carbocycles. The molecule has 0 bridgehead atoms. The molecule has 0 aliphatic heterocycles. The van der Waals surface area contributed by atoms with Crippen molar-refractivity contribution in [2.45, 2.75) is 4.90 Å². The van der Waals surface area contributed by atoms with Crippen LogP contribution in [0.1, 0.15) is 5.56 Å². The van der Waals surface area contributed by atoms with Crippen LogP contribution in [0.15, 0.2) is 71.9 Å². The second kappa shape index (κ2) is 9.04. The second-order valence-electron chi connectivity index (χ2n) is 5.69. The number of carbonyl (C=O) groups is 1. The topological polar surface area (TPSA) is 101 Å². The number of carbonyl (C=O) groups excluding carboxylic acids is 1. The van der Waals surface area contributed by atoms with E-state index in [4.69, 9.17) is 23.2 Å². The van der Waals surface area contributed by atoms with E-state index in [0.29, 0.717) is 21.3 Å². The lowest BCUT2D eigenvalue weighted by atomic mass is 10.2. The Labute approximate surface area is 177 Å². The Kier molecular flexibility index (Phi) is 6.48. The van der Waals surface area contributed by atoms with Crippen molar-refractivity contribution in [3.63, 3.8) is 0 Å². The van der Waals surface area contributed by atoms with Gasteiger partial charge < -0.3 is 5.32 Å². The second-order valence-corrected chi connectivity index (χ2v) is 8.22. The van der Waals surface area contributed by atoms with Gasteiger partial charge in [-0.15, -0.1) is 0 Å². The molecule has 2 aromatic carbocycles. The van der Waals surface area contributed by atoms with Crippen molar-refractivity contribution in [2.75, 3.05) is 10.0 Å². The van der Waals surface area contributed by atoms with E-state index in [2.05, 4.69) is 20.0 Å². The Balaban J connectivity index is 1.65. The van der Waals surface area contributed by atoms with E-state index in [1.165, 1.54) is 42.7 Å². The van der Waals surface area contributed by atoms with Crippen LogP contribution in [-0.4, -0.2) is 24.3 Å². The maximum atomic E-state index is 12.3. The normalized spacial score (nSPS) is 11.4. The number of hydrogen-bond acceptors (Lipinski definition) is 5. The Morgan fingerprint density at radius 1 is 1.00 bits per heavy atom. The molecule has 0 radical (unpaired) electrons. The fourth-order valence-corrected chi connectivity index (χ4v) is 3.66. The van der Waals surface area contributed by atoms with Crippen LogP contribution in [0.5, 0.6) is 0 Å². The van der Waals surface area contributed by atoms with Crippen LogP contribution in [0.25, 0.3) is 6.08 Å². The first-order chi connectivity index (χ1) is 13.8. The summed E-state index contributed by atoms with van der Waals surface area (Å²) in [4.78, 5) is 19.7. The molecule has 10 heteroatoms. The Hall–Kier alpha value is -2.94. The highest BCUT2D eigenvalue weighted by Gasteiger charge is 2.15. The lowest BCUT2D eigenvalue weighted by molar-refractivity contribution is -0.111. The maximum Gasteiger partial charge on any atom is 0.264 e. The van der Waals surface area contributed by atoms with E-state index < -0.39 is 15.9 Å². The number of rotatable bonds is 6. The first-order valence-electron chi connectivity index (χ1n) is 8.17. The summed E-state index contributed by atoms with van der Waals surface area (Å²) in [5.74, 6) is -0.432. The molecule has 0 atom stereocenters. The summed E-state index contributed by atoms with van der Waals surface area (Å²) >= 11 is 11.9. The van der Waals surface area contributed by atoms with Crippen LogP contribution < -0.4 is 10.0 Å². The van der Waals surface area contributed by atoms with Gasteiger partial charge in [0.15, 0.2) is 0 Å². The summed E-state index contributed by atoms with van der Waals surface area (Å²) in [5, 5.41) is 3.56. The predicted molar refractivity (Wildman–Crippen MR) is 113 cm³/mol. The van der Waals surface area contributed by atoms with Gasteiger partial charge in [-0.25, -0.2) is 23.1 Å². The van der Waals surface area contributed by atoms with Crippen molar-refractivity contribution < 1.29 is 13.2 Å². The van der Waals surface area contributed by atoms with Crippen molar-refractivity contribution in [2.24, 2.45) is 0 Å². The molecular weight excluding hydrogens is 435 g/mol. The van der Waals surface area contributed by atoms with Crippen LogP contribution in [0, 0.1) is 0 Å². The van der Waals surface area contributed by atoms with E-state index in [0.717, 1.165) is 0 Å². The first-order valence-corrected chi connectivity index (χ1v) is 10.4. The molecule has 2 N–H and O–H groups in total.